The van der Waals surface area contributed by atoms with Crippen molar-refractivity contribution >= 4 is 48.6 Å². The van der Waals surface area contributed by atoms with Gasteiger partial charge in [0.2, 0.25) is 0 Å². The molecule has 0 bridgehead atoms. The van der Waals surface area contributed by atoms with Crippen LogP contribution >= 0.6 is 31.1 Å². The van der Waals surface area contributed by atoms with Gasteiger partial charge in [0.05, 0.1) is 9.99 Å². The normalized spacial score (nSPS) is 23.4. The molecule has 314 valence electrons. The summed E-state index contributed by atoms with van der Waals surface area (Å²) in [5.74, 6) is 2.80. The van der Waals surface area contributed by atoms with Gasteiger partial charge in [-0.3, -0.25) is 0 Å². The molecule has 3 aromatic rings. The van der Waals surface area contributed by atoms with Crippen molar-refractivity contribution in [3.05, 3.63) is 112 Å². The number of halogens is 2. The Balaban J connectivity index is 0.00000567. The van der Waals surface area contributed by atoms with E-state index >= 15 is 0 Å². The average molecular weight is 927 g/mol. The van der Waals surface area contributed by atoms with Crippen LogP contribution in [-0.4, -0.2) is 34.4 Å². The van der Waals surface area contributed by atoms with Crippen molar-refractivity contribution in [2.24, 2.45) is 0 Å². The Morgan fingerprint density at radius 1 is 0.586 bits per heavy atom. The molecule has 0 aromatic heterocycles. The number of anilines is 2. The van der Waals surface area contributed by atoms with Crippen LogP contribution < -0.4 is 9.80 Å². The van der Waals surface area contributed by atoms with Crippen molar-refractivity contribution in [1.82, 2.24) is 0 Å². The van der Waals surface area contributed by atoms with Gasteiger partial charge in [0, 0.05) is 30.0 Å². The fraction of sp³-hybridized carbons (Fsp3) is 0.577. The van der Waals surface area contributed by atoms with Crippen molar-refractivity contribution in [2.45, 2.75) is 177 Å². The van der Waals surface area contributed by atoms with E-state index in [0.29, 0.717) is 35.0 Å². The molecule has 4 fully saturated rings. The number of para-hydroxylation sites is 2. The van der Waals surface area contributed by atoms with Crippen LogP contribution in [0.15, 0.2) is 83.7 Å². The van der Waals surface area contributed by atoms with Gasteiger partial charge in [0.15, 0.2) is 0 Å². The van der Waals surface area contributed by atoms with Crippen LogP contribution in [0.2, 0.25) is 0 Å². The summed E-state index contributed by atoms with van der Waals surface area (Å²) in [6.07, 6.45) is 17.9. The molecule has 1 heterocycles. The van der Waals surface area contributed by atoms with Crippen molar-refractivity contribution < 1.29 is 19.5 Å². The summed E-state index contributed by atoms with van der Waals surface area (Å²) < 4.78 is -0.445. The molecule has 2 nitrogen and oxygen atoms in total. The molecule has 2 unspecified atom stereocenters. The molecule has 0 radical (unpaired) electrons. The van der Waals surface area contributed by atoms with Crippen molar-refractivity contribution in [3.8, 4) is 0 Å². The molecule has 4 aliphatic rings. The fourth-order valence-electron chi connectivity index (χ4n) is 10.9. The maximum Gasteiger partial charge on any atom is 2.00 e. The summed E-state index contributed by atoms with van der Waals surface area (Å²) in [4.78, 5) is 5.48. The van der Waals surface area contributed by atoms with Crippen LogP contribution in [0.1, 0.15) is 184 Å². The van der Waals surface area contributed by atoms with E-state index < -0.39 is 12.5 Å². The molecule has 3 aliphatic carbocycles. The standard InChI is InChI=1S/C52H71Cl2N2P.Ru/c1-35(2)42-26-18-27-43(36(3)4)49(42)55-32-33-56(50-44(37(5)6)28-19-29-45(50)38(7)8)51(55)48-46(34-39-20-12-9-13-21-39)52(54,31-30-47(48)53)57(40-22-14-10-15-23-40)41-24-16-11-17-25-41;/h9,12-13,18-21,26-29,34-38,40-41,47H,10-11,14-17,22-25,30-33H2,1-8H3;/q;+2. The predicted molar refractivity (Wildman–Crippen MR) is 254 cm³/mol. The molecule has 58 heavy (non-hydrogen) atoms. The zero-order valence-corrected chi connectivity index (χ0v) is 41.0. The first kappa shape index (κ1) is 45.9. The number of allylic oxidation sites excluding steroid dienone is 2. The molecule has 3 aromatic carbocycles. The van der Waals surface area contributed by atoms with E-state index in [-0.39, 0.29) is 24.9 Å². The van der Waals surface area contributed by atoms with Crippen molar-refractivity contribution in [2.75, 3.05) is 22.9 Å². The van der Waals surface area contributed by atoms with Crippen molar-refractivity contribution in [1.29, 1.82) is 0 Å². The van der Waals surface area contributed by atoms with Gasteiger partial charge in [0.25, 0.3) is 0 Å². The van der Waals surface area contributed by atoms with Crippen LogP contribution in [0.25, 0.3) is 6.08 Å². The Labute approximate surface area is 377 Å². The molecule has 1 aliphatic heterocycles. The number of hydrogen-bond donors (Lipinski definition) is 0. The minimum Gasteiger partial charge on any atom is -0.325 e. The first-order chi connectivity index (χ1) is 27.4. The molecule has 6 heteroatoms. The molecule has 2 atom stereocenters. The van der Waals surface area contributed by atoms with Gasteiger partial charge in [-0.25, -0.2) is 0 Å². The maximum atomic E-state index is 8.81. The van der Waals surface area contributed by atoms with E-state index in [1.807, 2.05) is 0 Å². The van der Waals surface area contributed by atoms with Crippen LogP contribution in [0.3, 0.4) is 0 Å². The third-order valence-electron chi connectivity index (χ3n) is 13.7. The molecule has 7 rings (SSSR count). The molecule has 0 spiro atoms. The Morgan fingerprint density at radius 2 is 1.00 bits per heavy atom. The molecular weight excluding hydrogens is 856 g/mol. The van der Waals surface area contributed by atoms with Crippen LogP contribution in [0.4, 0.5) is 11.4 Å². The molecule has 3 saturated carbocycles. The summed E-state index contributed by atoms with van der Waals surface area (Å²) in [6.45, 7) is 20.7. The second-order valence-electron chi connectivity index (χ2n) is 19.0. The third-order valence-corrected chi connectivity index (χ3v) is 19.0. The van der Waals surface area contributed by atoms with E-state index in [1.54, 1.807) is 0 Å². The Bertz CT molecular complexity index is 1750. The minimum atomic E-state index is -0.529. The second-order valence-corrected chi connectivity index (χ2v) is 23.4. The van der Waals surface area contributed by atoms with Crippen LogP contribution in [0.5, 0.6) is 0 Å². The zero-order valence-electron chi connectivity index (χ0n) is 36.8. The monoisotopic (exact) mass is 926 g/mol. The van der Waals surface area contributed by atoms with E-state index in [0.717, 1.165) is 25.9 Å². The number of alkyl halides is 2. The number of nitrogens with zero attached hydrogens (tertiary/aromatic N) is 2. The van der Waals surface area contributed by atoms with Gasteiger partial charge in [-0.2, -0.15) is 0 Å². The second kappa shape index (κ2) is 20.0. The average Bonchev–Trinajstić information content (AvgIpc) is 3.64. The summed E-state index contributed by atoms with van der Waals surface area (Å²) in [7, 11) is -0.529. The fourth-order valence-corrected chi connectivity index (χ4v) is 16.8. The largest absolute Gasteiger partial charge is 2.00 e. The van der Waals surface area contributed by atoms with Gasteiger partial charge < -0.3 is 9.80 Å². The minimum absolute atomic E-state index is 0. The number of rotatable bonds is 10. The molecule has 1 saturated heterocycles. The Morgan fingerprint density at radius 3 is 1.40 bits per heavy atom. The molecular formula is C52H71Cl2N2PRu+2. The SMILES string of the molecule is CC(C)c1cccc(C(C)C)c1N1CCN(c2c(C(C)C)cccc2C(C)C)C1=C1C(=Cc2ccccc2)C(Cl)(P(C2CCCCC2)C2CCCCC2)CCC1Cl.[Ru+2]. The molecule has 0 N–H and O–H groups in total. The third kappa shape index (κ3) is 9.25. The summed E-state index contributed by atoms with van der Waals surface area (Å²) in [5.41, 5.74) is 13.7. The van der Waals surface area contributed by atoms with Gasteiger partial charge in [0.1, 0.15) is 5.82 Å². The van der Waals surface area contributed by atoms with Crippen LogP contribution in [-0.2, 0) is 19.5 Å². The predicted octanol–water partition coefficient (Wildman–Crippen LogP) is 16.3. The summed E-state index contributed by atoms with van der Waals surface area (Å²) in [6, 6.07) is 25.2. The molecule has 0 amide bonds. The van der Waals surface area contributed by atoms with Gasteiger partial charge in [-0.15, -0.1) is 23.2 Å². The number of hydrogen-bond acceptors (Lipinski definition) is 2. The van der Waals surface area contributed by atoms with E-state index in [4.69, 9.17) is 23.2 Å². The quantitative estimate of drug-likeness (QED) is 0.114. The number of benzene rings is 3. The van der Waals surface area contributed by atoms with E-state index in [1.165, 1.54) is 120 Å². The summed E-state index contributed by atoms with van der Waals surface area (Å²) in [5, 5.41) is -0.151. The Kier molecular flexibility index (Phi) is 15.9. The topological polar surface area (TPSA) is 6.48 Å². The van der Waals surface area contributed by atoms with Gasteiger partial charge in [-0.1, -0.05) is 169 Å². The van der Waals surface area contributed by atoms with E-state index in [2.05, 4.69) is 138 Å². The zero-order chi connectivity index (χ0) is 40.4. The van der Waals surface area contributed by atoms with Gasteiger partial charge >= 0.3 is 19.5 Å². The van der Waals surface area contributed by atoms with Crippen molar-refractivity contribution in [3.63, 3.8) is 0 Å². The van der Waals surface area contributed by atoms with Gasteiger partial charge in [-0.05, 0) is 113 Å². The first-order valence-electron chi connectivity index (χ1n) is 22.9. The summed E-state index contributed by atoms with van der Waals surface area (Å²) >= 11 is 16.8. The van der Waals surface area contributed by atoms with E-state index in [9.17, 15) is 0 Å². The van der Waals surface area contributed by atoms with Crippen LogP contribution in [0, 0.1) is 0 Å². The Hall–Kier alpha value is -1.63. The maximum absolute atomic E-state index is 8.81. The smallest absolute Gasteiger partial charge is 0.325 e. The first-order valence-corrected chi connectivity index (χ1v) is 25.2.